The number of unbranched alkanes of at least 4 members (excludes halogenated alkanes) is 3. The zero-order chi connectivity index (χ0) is 11.5. The van der Waals surface area contributed by atoms with Gasteiger partial charge in [-0.2, -0.15) is 0 Å². The molecule has 2 atom stereocenters. The van der Waals surface area contributed by atoms with Crippen LogP contribution in [0.4, 0.5) is 0 Å². The van der Waals surface area contributed by atoms with Gasteiger partial charge in [-0.1, -0.05) is 72.0 Å². The van der Waals surface area contributed by atoms with Crippen LogP contribution in [-0.4, -0.2) is 0 Å². The van der Waals surface area contributed by atoms with Crippen molar-refractivity contribution in [3.8, 4) is 0 Å². The fourth-order valence-electron chi connectivity index (χ4n) is 2.40. The molecule has 89 valence electrons. The van der Waals surface area contributed by atoms with E-state index in [9.17, 15) is 0 Å². The van der Waals surface area contributed by atoms with Gasteiger partial charge in [-0.25, -0.2) is 0 Å². The second-order valence-corrected chi connectivity index (χ2v) is 4.81. The number of hydrogen-bond acceptors (Lipinski definition) is 0. The Hall–Kier alpha value is -0.260. The molecule has 0 nitrogen and oxygen atoms in total. The first kappa shape index (κ1) is 14.7. The third-order valence-electron chi connectivity index (χ3n) is 3.52. The Morgan fingerprint density at radius 2 is 1.80 bits per heavy atom. The molecule has 0 amide bonds. The van der Waals surface area contributed by atoms with Gasteiger partial charge in [0, 0.05) is 0 Å². The van der Waals surface area contributed by atoms with E-state index in [1.54, 1.807) is 6.08 Å². The summed E-state index contributed by atoms with van der Waals surface area (Å²) >= 11 is 0. The van der Waals surface area contributed by atoms with Gasteiger partial charge in [0.2, 0.25) is 0 Å². The third kappa shape index (κ3) is 7.64. The lowest BCUT2D eigenvalue weighted by Crippen LogP contribution is -2.10. The zero-order valence-electron chi connectivity index (χ0n) is 11.0. The molecule has 0 rings (SSSR count). The predicted molar refractivity (Wildman–Crippen MR) is 69.8 cm³/mol. The van der Waals surface area contributed by atoms with Crippen molar-refractivity contribution in [3.63, 3.8) is 0 Å². The lowest BCUT2D eigenvalue weighted by molar-refractivity contribution is 0.298. The first-order valence-corrected chi connectivity index (χ1v) is 6.79. The minimum Gasteiger partial charge on any atom is -0.0845 e. The van der Waals surface area contributed by atoms with E-state index in [1.807, 2.05) is 0 Å². The molecule has 0 bridgehead atoms. The molecule has 0 heterocycles. The van der Waals surface area contributed by atoms with Crippen molar-refractivity contribution < 1.29 is 0 Å². The maximum absolute atomic E-state index is 5.35. The smallest absolute Gasteiger partial charge is 0.0348 e. The van der Waals surface area contributed by atoms with Crippen LogP contribution in [0.25, 0.3) is 0 Å². The van der Waals surface area contributed by atoms with Crippen molar-refractivity contribution in [2.75, 3.05) is 0 Å². The fraction of sp³-hybridized carbons (Fsp3) is 0.867. The maximum atomic E-state index is 5.35. The van der Waals surface area contributed by atoms with Crippen molar-refractivity contribution in [1.82, 2.24) is 0 Å². The van der Waals surface area contributed by atoms with E-state index in [2.05, 4.69) is 20.8 Å². The molecule has 0 aliphatic rings. The minimum atomic E-state index is 0.914. The highest BCUT2D eigenvalue weighted by atomic mass is 14.2. The summed E-state index contributed by atoms with van der Waals surface area (Å²) in [6, 6.07) is 0. The van der Waals surface area contributed by atoms with Crippen LogP contribution in [0.2, 0.25) is 0 Å². The third-order valence-corrected chi connectivity index (χ3v) is 3.52. The highest BCUT2D eigenvalue weighted by molar-refractivity contribution is 4.66. The molecular formula is C15H29. The lowest BCUT2D eigenvalue weighted by Gasteiger charge is -2.22. The summed E-state index contributed by atoms with van der Waals surface area (Å²) in [5.74, 6) is 1.87. The Morgan fingerprint density at radius 3 is 2.33 bits per heavy atom. The SMILES string of the molecule is [CH]=CCCCCCC(C)C(CC)CCC. The largest absolute Gasteiger partial charge is 0.0845 e. The Labute approximate surface area is 97.2 Å². The summed E-state index contributed by atoms with van der Waals surface area (Å²) in [7, 11) is 0. The first-order chi connectivity index (χ1) is 7.26. The molecule has 15 heavy (non-hydrogen) atoms. The molecule has 0 saturated carbocycles. The Balaban J connectivity index is 3.51. The van der Waals surface area contributed by atoms with Crippen molar-refractivity contribution >= 4 is 0 Å². The average Bonchev–Trinajstić information content (AvgIpc) is 2.25. The monoisotopic (exact) mass is 209 g/mol. The molecule has 0 aliphatic carbocycles. The van der Waals surface area contributed by atoms with Crippen molar-refractivity contribution in [2.24, 2.45) is 11.8 Å². The van der Waals surface area contributed by atoms with Crippen LogP contribution in [0.1, 0.15) is 72.1 Å². The van der Waals surface area contributed by atoms with E-state index in [0.29, 0.717) is 0 Å². The number of rotatable bonds is 10. The van der Waals surface area contributed by atoms with Crippen molar-refractivity contribution in [2.45, 2.75) is 72.1 Å². The van der Waals surface area contributed by atoms with E-state index < -0.39 is 0 Å². The number of hydrogen-bond donors (Lipinski definition) is 0. The van der Waals surface area contributed by atoms with Gasteiger partial charge in [-0.3, -0.25) is 0 Å². The van der Waals surface area contributed by atoms with Gasteiger partial charge in [0.15, 0.2) is 0 Å². The van der Waals surface area contributed by atoms with Crippen LogP contribution in [0.15, 0.2) is 6.08 Å². The molecular weight excluding hydrogens is 180 g/mol. The molecule has 0 aromatic heterocycles. The topological polar surface area (TPSA) is 0 Å². The van der Waals surface area contributed by atoms with Crippen LogP contribution in [0.5, 0.6) is 0 Å². The summed E-state index contributed by atoms with van der Waals surface area (Å²) in [4.78, 5) is 0. The molecule has 1 radical (unpaired) electrons. The van der Waals surface area contributed by atoms with Gasteiger partial charge >= 0.3 is 0 Å². The molecule has 0 aromatic rings. The van der Waals surface area contributed by atoms with Crippen LogP contribution < -0.4 is 0 Å². The second kappa shape index (κ2) is 10.3. The predicted octanol–water partition coefficient (Wildman–Crippen LogP) is 5.39. The highest BCUT2D eigenvalue weighted by Gasteiger charge is 2.13. The zero-order valence-corrected chi connectivity index (χ0v) is 11.0. The molecule has 0 saturated heterocycles. The summed E-state index contributed by atoms with van der Waals surface area (Å²) in [5, 5.41) is 0. The lowest BCUT2D eigenvalue weighted by atomic mass is 9.84. The van der Waals surface area contributed by atoms with Crippen LogP contribution in [-0.2, 0) is 0 Å². The molecule has 0 heteroatoms. The first-order valence-electron chi connectivity index (χ1n) is 6.79. The van der Waals surface area contributed by atoms with E-state index in [0.717, 1.165) is 18.3 Å². The van der Waals surface area contributed by atoms with E-state index in [1.165, 1.54) is 44.9 Å². The minimum absolute atomic E-state index is 0.914. The summed E-state index contributed by atoms with van der Waals surface area (Å²) < 4.78 is 0. The summed E-state index contributed by atoms with van der Waals surface area (Å²) in [6.45, 7) is 12.4. The molecule has 0 aliphatic heterocycles. The Bertz CT molecular complexity index is 137. The summed E-state index contributed by atoms with van der Waals surface area (Å²) in [6.07, 6.45) is 12.4. The van der Waals surface area contributed by atoms with Crippen LogP contribution in [0, 0.1) is 18.4 Å². The summed E-state index contributed by atoms with van der Waals surface area (Å²) in [5.41, 5.74) is 0. The van der Waals surface area contributed by atoms with E-state index in [-0.39, 0.29) is 0 Å². The Morgan fingerprint density at radius 1 is 1.07 bits per heavy atom. The van der Waals surface area contributed by atoms with Gasteiger partial charge in [0.1, 0.15) is 0 Å². The normalized spacial score (nSPS) is 14.9. The van der Waals surface area contributed by atoms with Gasteiger partial charge in [-0.05, 0) is 24.7 Å². The number of allylic oxidation sites excluding steroid dienone is 1. The van der Waals surface area contributed by atoms with Gasteiger partial charge in [-0.15, -0.1) is 0 Å². The standard InChI is InChI=1S/C15H29/c1-5-8-9-10-11-13-14(4)15(7-3)12-6-2/h1,5,14-15H,6-13H2,2-4H3. The maximum Gasteiger partial charge on any atom is -0.0348 e. The molecule has 0 N–H and O–H groups in total. The fourth-order valence-corrected chi connectivity index (χ4v) is 2.40. The van der Waals surface area contributed by atoms with Gasteiger partial charge in [0.05, 0.1) is 0 Å². The van der Waals surface area contributed by atoms with Crippen LogP contribution in [0.3, 0.4) is 0 Å². The van der Waals surface area contributed by atoms with Gasteiger partial charge in [0.25, 0.3) is 0 Å². The molecule has 0 spiro atoms. The molecule has 0 fully saturated rings. The highest BCUT2D eigenvalue weighted by Crippen LogP contribution is 2.25. The quantitative estimate of drug-likeness (QED) is 0.423. The average molecular weight is 209 g/mol. The van der Waals surface area contributed by atoms with E-state index >= 15 is 0 Å². The van der Waals surface area contributed by atoms with Crippen molar-refractivity contribution in [1.29, 1.82) is 0 Å². The molecule has 0 aromatic carbocycles. The van der Waals surface area contributed by atoms with Crippen LogP contribution >= 0.6 is 0 Å². The van der Waals surface area contributed by atoms with Crippen molar-refractivity contribution in [3.05, 3.63) is 12.7 Å². The van der Waals surface area contributed by atoms with Gasteiger partial charge < -0.3 is 0 Å². The van der Waals surface area contributed by atoms with E-state index in [4.69, 9.17) is 6.58 Å². The molecule has 2 unspecified atom stereocenters. The second-order valence-electron chi connectivity index (χ2n) is 4.81. The Kier molecular flexibility index (Phi) is 10.1.